The van der Waals surface area contributed by atoms with E-state index in [2.05, 4.69) is 20.8 Å². The normalized spacial score (nSPS) is 10.6. The third-order valence-electron chi connectivity index (χ3n) is 3.57. The third-order valence-corrected chi connectivity index (χ3v) is 3.57. The number of halogens is 1. The molecule has 1 heterocycles. The van der Waals surface area contributed by atoms with E-state index in [4.69, 9.17) is 0 Å². The first-order chi connectivity index (χ1) is 13.1. The van der Waals surface area contributed by atoms with E-state index in [1.54, 1.807) is 54.7 Å². The lowest BCUT2D eigenvalue weighted by atomic mass is 10.1. The molecule has 0 spiro atoms. The van der Waals surface area contributed by atoms with Gasteiger partial charge in [-0.2, -0.15) is 5.10 Å². The number of carbonyl (C=O) groups is 2. The molecule has 27 heavy (non-hydrogen) atoms. The second kappa shape index (κ2) is 8.48. The number of amides is 2. The number of nitrogens with zero attached hydrogens (tertiary/aromatic N) is 2. The van der Waals surface area contributed by atoms with Gasteiger partial charge in [0.1, 0.15) is 5.82 Å². The molecular weight excluding hydrogens is 347 g/mol. The monoisotopic (exact) mass is 362 g/mol. The van der Waals surface area contributed by atoms with E-state index in [9.17, 15) is 14.0 Å². The van der Waals surface area contributed by atoms with Gasteiger partial charge in [-0.05, 0) is 42.0 Å². The highest BCUT2D eigenvalue weighted by molar-refractivity contribution is 6.08. The largest absolute Gasteiger partial charge is 0.321 e. The van der Waals surface area contributed by atoms with E-state index in [0.717, 1.165) is 0 Å². The van der Waals surface area contributed by atoms with Crippen molar-refractivity contribution in [1.29, 1.82) is 0 Å². The first kappa shape index (κ1) is 17.9. The van der Waals surface area contributed by atoms with Gasteiger partial charge in [-0.25, -0.2) is 9.82 Å². The van der Waals surface area contributed by atoms with E-state index >= 15 is 0 Å². The lowest BCUT2D eigenvalue weighted by molar-refractivity contribution is 0.0956. The van der Waals surface area contributed by atoms with Gasteiger partial charge in [0.15, 0.2) is 0 Å². The fourth-order valence-electron chi connectivity index (χ4n) is 2.29. The molecule has 0 atom stereocenters. The molecule has 2 N–H and O–H groups in total. The van der Waals surface area contributed by atoms with Crippen LogP contribution in [0.25, 0.3) is 0 Å². The maximum absolute atomic E-state index is 13.1. The van der Waals surface area contributed by atoms with Crippen LogP contribution in [0.2, 0.25) is 0 Å². The van der Waals surface area contributed by atoms with Crippen molar-refractivity contribution in [3.8, 4) is 0 Å². The number of anilines is 1. The van der Waals surface area contributed by atoms with Crippen LogP contribution in [0, 0.1) is 5.82 Å². The standard InChI is InChI=1S/C20H15FN4O2/c21-16-7-3-5-14(11-16)12-23-25-20(27)17-8-1-2-9-18(17)24-19(26)15-6-4-10-22-13-15/h1-13H,(H,24,26)(H,25,27)/b23-12+. The molecule has 0 aliphatic heterocycles. The van der Waals surface area contributed by atoms with Crippen LogP contribution in [-0.4, -0.2) is 23.0 Å². The number of rotatable bonds is 5. The lowest BCUT2D eigenvalue weighted by Crippen LogP contribution is -2.21. The van der Waals surface area contributed by atoms with Crippen LogP contribution in [0.4, 0.5) is 10.1 Å². The number of hydrazone groups is 1. The average molecular weight is 362 g/mol. The van der Waals surface area contributed by atoms with E-state index < -0.39 is 11.7 Å². The molecule has 0 fully saturated rings. The van der Waals surface area contributed by atoms with Gasteiger partial charge in [-0.15, -0.1) is 0 Å². The highest BCUT2D eigenvalue weighted by Crippen LogP contribution is 2.16. The Balaban J connectivity index is 1.71. The number of nitrogens with one attached hydrogen (secondary N) is 2. The Hall–Kier alpha value is -3.87. The average Bonchev–Trinajstić information content (AvgIpc) is 2.69. The van der Waals surface area contributed by atoms with E-state index in [-0.39, 0.29) is 11.5 Å². The van der Waals surface area contributed by atoms with Crippen molar-refractivity contribution in [3.63, 3.8) is 0 Å². The smallest absolute Gasteiger partial charge is 0.273 e. The van der Waals surface area contributed by atoms with Crippen LogP contribution in [-0.2, 0) is 0 Å². The highest BCUT2D eigenvalue weighted by Gasteiger charge is 2.13. The first-order valence-electron chi connectivity index (χ1n) is 8.03. The molecule has 0 aliphatic carbocycles. The molecule has 6 nitrogen and oxygen atoms in total. The third kappa shape index (κ3) is 4.82. The van der Waals surface area contributed by atoms with Gasteiger partial charge in [-0.1, -0.05) is 24.3 Å². The van der Waals surface area contributed by atoms with Gasteiger partial charge < -0.3 is 5.32 Å². The summed E-state index contributed by atoms with van der Waals surface area (Å²) in [6.07, 6.45) is 4.33. The topological polar surface area (TPSA) is 83.5 Å². The fourth-order valence-corrected chi connectivity index (χ4v) is 2.29. The zero-order valence-corrected chi connectivity index (χ0v) is 14.1. The van der Waals surface area contributed by atoms with E-state index in [0.29, 0.717) is 16.8 Å². The summed E-state index contributed by atoms with van der Waals surface area (Å²) in [4.78, 5) is 28.5. The Morgan fingerprint density at radius 3 is 2.63 bits per heavy atom. The predicted molar refractivity (Wildman–Crippen MR) is 100 cm³/mol. The molecule has 0 radical (unpaired) electrons. The minimum Gasteiger partial charge on any atom is -0.321 e. The minimum absolute atomic E-state index is 0.242. The molecule has 3 rings (SSSR count). The Morgan fingerprint density at radius 1 is 1.00 bits per heavy atom. The number of benzene rings is 2. The SMILES string of the molecule is O=C(Nc1ccccc1C(=O)N/N=C/c1cccc(F)c1)c1cccnc1. The van der Waals surface area contributed by atoms with Gasteiger partial charge in [-0.3, -0.25) is 14.6 Å². The van der Waals surface area contributed by atoms with Crippen molar-refractivity contribution in [2.45, 2.75) is 0 Å². The van der Waals surface area contributed by atoms with E-state index in [1.165, 1.54) is 24.5 Å². The van der Waals surface area contributed by atoms with Crippen LogP contribution >= 0.6 is 0 Å². The molecule has 134 valence electrons. The predicted octanol–water partition coefficient (Wildman–Crippen LogP) is 3.24. The Labute approximate surface area is 154 Å². The van der Waals surface area contributed by atoms with Crippen LogP contribution in [0.3, 0.4) is 0 Å². The maximum Gasteiger partial charge on any atom is 0.273 e. The Morgan fingerprint density at radius 2 is 1.85 bits per heavy atom. The van der Waals surface area contributed by atoms with Crippen molar-refractivity contribution in [1.82, 2.24) is 10.4 Å². The zero-order valence-electron chi connectivity index (χ0n) is 14.1. The number of para-hydroxylation sites is 1. The van der Waals surface area contributed by atoms with Crippen molar-refractivity contribution in [3.05, 3.63) is 95.6 Å². The number of aromatic nitrogens is 1. The second-order valence-corrected chi connectivity index (χ2v) is 5.50. The summed E-state index contributed by atoms with van der Waals surface area (Å²) in [5.74, 6) is -1.29. The summed E-state index contributed by atoms with van der Waals surface area (Å²) in [6, 6.07) is 15.6. The first-order valence-corrected chi connectivity index (χ1v) is 8.03. The van der Waals surface area contributed by atoms with Crippen molar-refractivity contribution >= 4 is 23.7 Å². The molecule has 1 aromatic heterocycles. The van der Waals surface area contributed by atoms with Crippen molar-refractivity contribution in [2.75, 3.05) is 5.32 Å². The summed E-state index contributed by atoms with van der Waals surface area (Å²) in [6.45, 7) is 0. The number of hydrogen-bond donors (Lipinski definition) is 2. The lowest BCUT2D eigenvalue weighted by Gasteiger charge is -2.09. The number of carbonyl (C=O) groups excluding carboxylic acids is 2. The molecule has 0 bridgehead atoms. The minimum atomic E-state index is -0.510. The molecule has 7 heteroatoms. The summed E-state index contributed by atoms with van der Waals surface area (Å²) < 4.78 is 13.1. The molecule has 2 aromatic carbocycles. The van der Waals surface area contributed by atoms with Crippen molar-refractivity contribution in [2.24, 2.45) is 5.10 Å². The highest BCUT2D eigenvalue weighted by atomic mass is 19.1. The van der Waals surface area contributed by atoms with Gasteiger partial charge >= 0.3 is 0 Å². The summed E-state index contributed by atoms with van der Waals surface area (Å²) in [5, 5.41) is 6.51. The molecule has 0 unspecified atom stereocenters. The van der Waals surface area contributed by atoms with Gasteiger partial charge in [0, 0.05) is 12.4 Å². The molecule has 0 aliphatic rings. The van der Waals surface area contributed by atoms with Crippen LogP contribution in [0.5, 0.6) is 0 Å². The number of pyridine rings is 1. The maximum atomic E-state index is 13.1. The molecule has 0 saturated heterocycles. The molecule has 0 saturated carbocycles. The second-order valence-electron chi connectivity index (χ2n) is 5.50. The molecule has 2 amide bonds. The molecule has 3 aromatic rings. The summed E-state index contributed by atoms with van der Waals surface area (Å²) >= 11 is 0. The van der Waals surface area contributed by atoms with E-state index in [1.807, 2.05) is 0 Å². The van der Waals surface area contributed by atoms with Gasteiger partial charge in [0.25, 0.3) is 11.8 Å². The fraction of sp³-hybridized carbons (Fsp3) is 0. The van der Waals surface area contributed by atoms with Crippen LogP contribution < -0.4 is 10.7 Å². The quantitative estimate of drug-likeness (QED) is 0.540. The van der Waals surface area contributed by atoms with Crippen LogP contribution in [0.15, 0.2) is 78.2 Å². The summed E-state index contributed by atoms with van der Waals surface area (Å²) in [7, 11) is 0. The van der Waals surface area contributed by atoms with Gasteiger partial charge in [0.2, 0.25) is 0 Å². The van der Waals surface area contributed by atoms with Crippen LogP contribution in [0.1, 0.15) is 26.3 Å². The van der Waals surface area contributed by atoms with Crippen molar-refractivity contribution < 1.29 is 14.0 Å². The Bertz CT molecular complexity index is 990. The number of hydrogen-bond acceptors (Lipinski definition) is 4. The zero-order chi connectivity index (χ0) is 19.1. The molecular formula is C20H15FN4O2. The van der Waals surface area contributed by atoms with Gasteiger partial charge in [0.05, 0.1) is 23.0 Å². The Kier molecular flexibility index (Phi) is 5.64. The summed E-state index contributed by atoms with van der Waals surface area (Å²) in [5.41, 5.74) is 3.82.